The molecule has 0 bridgehead atoms. The van der Waals surface area contributed by atoms with Crippen LogP contribution in [0.2, 0.25) is 0 Å². The largest absolute Gasteiger partial charge is 0.480 e. The van der Waals surface area contributed by atoms with Crippen LogP contribution in [0.3, 0.4) is 0 Å². The highest BCUT2D eigenvalue weighted by atomic mass is 16.4. The van der Waals surface area contributed by atoms with E-state index in [1.54, 1.807) is 37.3 Å². The summed E-state index contributed by atoms with van der Waals surface area (Å²) in [5.41, 5.74) is 1.30. The fraction of sp³-hybridized carbons (Fsp3) is 0.312. The van der Waals surface area contributed by atoms with Crippen LogP contribution in [0, 0.1) is 17.2 Å². The van der Waals surface area contributed by atoms with Crippen molar-refractivity contribution >= 4 is 18.0 Å². The number of carboxylic acids is 1. The molecule has 1 rings (SSSR count). The lowest BCUT2D eigenvalue weighted by atomic mass is 9.99. The summed E-state index contributed by atoms with van der Waals surface area (Å²) < 4.78 is 0. The molecule has 5 heteroatoms. The van der Waals surface area contributed by atoms with Crippen LogP contribution in [0.1, 0.15) is 31.4 Å². The van der Waals surface area contributed by atoms with E-state index in [0.717, 1.165) is 5.56 Å². The first-order valence-electron chi connectivity index (χ1n) is 6.69. The van der Waals surface area contributed by atoms with E-state index in [4.69, 9.17) is 10.4 Å². The Morgan fingerprint density at radius 3 is 2.48 bits per heavy atom. The molecule has 0 aliphatic rings. The van der Waals surface area contributed by atoms with E-state index in [1.165, 1.54) is 6.08 Å². The highest BCUT2D eigenvalue weighted by Crippen LogP contribution is 2.08. The van der Waals surface area contributed by atoms with Crippen LogP contribution in [0.5, 0.6) is 0 Å². The third kappa shape index (κ3) is 5.11. The summed E-state index contributed by atoms with van der Waals surface area (Å²) in [7, 11) is 0. The number of hydrogen-bond donors (Lipinski definition) is 2. The van der Waals surface area contributed by atoms with Crippen molar-refractivity contribution in [3.8, 4) is 6.07 Å². The van der Waals surface area contributed by atoms with Crippen LogP contribution < -0.4 is 5.32 Å². The van der Waals surface area contributed by atoms with Gasteiger partial charge in [0, 0.05) is 6.08 Å². The molecule has 0 aromatic heterocycles. The Kier molecular flexibility index (Phi) is 6.15. The summed E-state index contributed by atoms with van der Waals surface area (Å²) in [5, 5.41) is 20.3. The average molecular weight is 286 g/mol. The van der Waals surface area contributed by atoms with E-state index in [1.807, 2.05) is 13.0 Å². The van der Waals surface area contributed by atoms with E-state index in [-0.39, 0.29) is 5.92 Å². The molecular formula is C16H18N2O3. The molecule has 0 unspecified atom stereocenters. The summed E-state index contributed by atoms with van der Waals surface area (Å²) in [6, 6.07) is 7.84. The summed E-state index contributed by atoms with van der Waals surface area (Å²) in [4.78, 5) is 22.9. The molecule has 0 heterocycles. The van der Waals surface area contributed by atoms with E-state index in [9.17, 15) is 9.59 Å². The van der Waals surface area contributed by atoms with Crippen LogP contribution in [-0.2, 0) is 9.59 Å². The number of amides is 1. The van der Waals surface area contributed by atoms with Gasteiger partial charge in [-0.25, -0.2) is 4.79 Å². The van der Waals surface area contributed by atoms with Crippen molar-refractivity contribution in [2.24, 2.45) is 5.92 Å². The molecule has 0 saturated heterocycles. The van der Waals surface area contributed by atoms with Gasteiger partial charge in [-0.15, -0.1) is 0 Å². The molecule has 0 radical (unpaired) electrons. The van der Waals surface area contributed by atoms with E-state index in [0.29, 0.717) is 12.0 Å². The number of carbonyl (C=O) groups is 2. The average Bonchev–Trinajstić information content (AvgIpc) is 2.50. The number of nitrogens with one attached hydrogen (secondary N) is 1. The zero-order chi connectivity index (χ0) is 15.8. The summed E-state index contributed by atoms with van der Waals surface area (Å²) in [6.45, 7) is 3.66. The van der Waals surface area contributed by atoms with Crippen molar-refractivity contribution in [1.82, 2.24) is 5.32 Å². The molecule has 0 spiro atoms. The molecular weight excluding hydrogens is 268 g/mol. The van der Waals surface area contributed by atoms with Gasteiger partial charge in [0.1, 0.15) is 6.04 Å². The van der Waals surface area contributed by atoms with Gasteiger partial charge in [-0.05, 0) is 29.7 Å². The molecule has 1 aromatic rings. The minimum Gasteiger partial charge on any atom is -0.480 e. The number of nitriles is 1. The van der Waals surface area contributed by atoms with Gasteiger partial charge >= 0.3 is 5.97 Å². The predicted octanol–water partition coefficient (Wildman–Crippen LogP) is 2.19. The third-order valence-electron chi connectivity index (χ3n) is 3.24. The predicted molar refractivity (Wildman–Crippen MR) is 79.2 cm³/mol. The molecule has 0 saturated carbocycles. The van der Waals surface area contributed by atoms with Crippen LogP contribution in [0.25, 0.3) is 6.08 Å². The lowest BCUT2D eigenvalue weighted by Crippen LogP contribution is -2.44. The maximum Gasteiger partial charge on any atom is 0.326 e. The molecule has 2 atom stereocenters. The molecule has 1 aromatic carbocycles. The van der Waals surface area contributed by atoms with Crippen molar-refractivity contribution in [2.75, 3.05) is 0 Å². The van der Waals surface area contributed by atoms with Gasteiger partial charge in [0.05, 0.1) is 11.6 Å². The van der Waals surface area contributed by atoms with Crippen molar-refractivity contribution in [3.63, 3.8) is 0 Å². The van der Waals surface area contributed by atoms with Gasteiger partial charge in [0.25, 0.3) is 0 Å². The van der Waals surface area contributed by atoms with Gasteiger partial charge in [0.15, 0.2) is 0 Å². The van der Waals surface area contributed by atoms with Gasteiger partial charge in [-0.3, -0.25) is 4.79 Å². The zero-order valence-corrected chi connectivity index (χ0v) is 12.0. The molecule has 5 nitrogen and oxygen atoms in total. The number of nitrogens with zero attached hydrogens (tertiary/aromatic N) is 1. The highest BCUT2D eigenvalue weighted by Gasteiger charge is 2.24. The van der Waals surface area contributed by atoms with E-state index in [2.05, 4.69) is 5.32 Å². The standard InChI is InChI=1S/C16H18N2O3/c1-3-11(2)15(16(20)21)18-14(19)9-8-12-4-6-13(10-17)7-5-12/h4-9,11,15H,3H2,1-2H3,(H,18,19)(H,20,21)/b9-8+/t11-,15-/m0/s1. The first kappa shape index (κ1) is 16.4. The zero-order valence-electron chi connectivity index (χ0n) is 12.0. The highest BCUT2D eigenvalue weighted by molar-refractivity contribution is 5.94. The molecule has 2 N–H and O–H groups in total. The molecule has 0 fully saturated rings. The second-order valence-electron chi connectivity index (χ2n) is 4.78. The Morgan fingerprint density at radius 2 is 2.00 bits per heavy atom. The van der Waals surface area contributed by atoms with Crippen molar-refractivity contribution < 1.29 is 14.7 Å². The molecule has 0 aliphatic carbocycles. The van der Waals surface area contributed by atoms with Gasteiger partial charge < -0.3 is 10.4 Å². The number of aliphatic carboxylic acids is 1. The molecule has 1 amide bonds. The molecule has 21 heavy (non-hydrogen) atoms. The van der Waals surface area contributed by atoms with Crippen molar-refractivity contribution in [2.45, 2.75) is 26.3 Å². The van der Waals surface area contributed by atoms with Gasteiger partial charge in [-0.1, -0.05) is 32.4 Å². The summed E-state index contributed by atoms with van der Waals surface area (Å²) in [6.07, 6.45) is 3.53. The van der Waals surface area contributed by atoms with E-state index < -0.39 is 17.9 Å². The smallest absolute Gasteiger partial charge is 0.326 e. The van der Waals surface area contributed by atoms with Crippen LogP contribution in [0.15, 0.2) is 30.3 Å². The number of carbonyl (C=O) groups excluding carboxylic acids is 1. The summed E-state index contributed by atoms with van der Waals surface area (Å²) >= 11 is 0. The van der Waals surface area contributed by atoms with Gasteiger partial charge in [-0.2, -0.15) is 5.26 Å². The minimum atomic E-state index is -1.04. The topological polar surface area (TPSA) is 90.2 Å². The number of benzene rings is 1. The third-order valence-corrected chi connectivity index (χ3v) is 3.24. The Balaban J connectivity index is 2.69. The molecule has 110 valence electrons. The Morgan fingerprint density at radius 1 is 1.38 bits per heavy atom. The second-order valence-corrected chi connectivity index (χ2v) is 4.78. The van der Waals surface area contributed by atoms with Crippen molar-refractivity contribution in [3.05, 3.63) is 41.5 Å². The lowest BCUT2D eigenvalue weighted by Gasteiger charge is -2.19. The minimum absolute atomic E-state index is 0.144. The Labute approximate surface area is 123 Å². The first-order chi connectivity index (χ1) is 9.97. The maximum absolute atomic E-state index is 11.8. The normalized spacial score (nSPS) is 13.4. The Bertz CT molecular complexity index is 570. The lowest BCUT2D eigenvalue weighted by molar-refractivity contribution is -0.142. The van der Waals surface area contributed by atoms with Crippen LogP contribution >= 0.6 is 0 Å². The quantitative estimate of drug-likeness (QED) is 0.784. The first-order valence-corrected chi connectivity index (χ1v) is 6.69. The van der Waals surface area contributed by atoms with Crippen LogP contribution in [0.4, 0.5) is 0 Å². The monoisotopic (exact) mass is 286 g/mol. The van der Waals surface area contributed by atoms with Crippen molar-refractivity contribution in [1.29, 1.82) is 5.26 Å². The second kappa shape index (κ2) is 7.85. The van der Waals surface area contributed by atoms with Crippen LogP contribution in [-0.4, -0.2) is 23.0 Å². The van der Waals surface area contributed by atoms with Gasteiger partial charge in [0.2, 0.25) is 5.91 Å². The Hall–Kier alpha value is -2.61. The maximum atomic E-state index is 11.8. The SMILES string of the molecule is CC[C@H](C)[C@H](NC(=O)/C=C/c1ccc(C#N)cc1)C(=O)O. The molecule has 0 aliphatic heterocycles. The fourth-order valence-corrected chi connectivity index (χ4v) is 1.73. The number of rotatable bonds is 6. The fourth-order valence-electron chi connectivity index (χ4n) is 1.73. The number of carboxylic acid groups (broad SMARTS) is 1. The number of hydrogen-bond acceptors (Lipinski definition) is 3. The van der Waals surface area contributed by atoms with E-state index >= 15 is 0 Å². The summed E-state index contributed by atoms with van der Waals surface area (Å²) in [5.74, 6) is -1.63.